The molecule has 0 aliphatic heterocycles. The zero-order chi connectivity index (χ0) is 21.9. The first-order valence-electron chi connectivity index (χ1n) is 8.95. The van der Waals surface area contributed by atoms with E-state index in [9.17, 15) is 23.6 Å². The summed E-state index contributed by atoms with van der Waals surface area (Å²) in [5.74, 6) is -3.09. The molecule has 0 spiro atoms. The van der Waals surface area contributed by atoms with E-state index in [4.69, 9.17) is 0 Å². The van der Waals surface area contributed by atoms with Gasteiger partial charge in [-0.2, -0.15) is 0 Å². The Labute approximate surface area is 167 Å². The van der Waals surface area contributed by atoms with Crippen molar-refractivity contribution >= 4 is 34.9 Å². The lowest BCUT2D eigenvalue weighted by molar-refractivity contribution is -0.117. The van der Waals surface area contributed by atoms with Crippen molar-refractivity contribution in [3.05, 3.63) is 46.5 Å². The third kappa shape index (κ3) is 4.50. The van der Waals surface area contributed by atoms with Crippen LogP contribution >= 0.6 is 0 Å². The molecule has 0 radical (unpaired) electrons. The Morgan fingerprint density at radius 1 is 1.10 bits per heavy atom. The Kier molecular flexibility index (Phi) is 6.53. The van der Waals surface area contributed by atoms with Crippen LogP contribution in [0, 0.1) is 19.7 Å². The summed E-state index contributed by atoms with van der Waals surface area (Å²) in [6, 6.07) is 3.77. The largest absolute Gasteiger partial charge is 0.349 e. The standard InChI is InChI=1S/C20H23FN4O4/c1-6-22-20(29)18(27)17-10(2)16(11(3)25(17)5)19(28)24-13-7-8-14(21)15(9-13)23-12(4)26/h7-9H,6H2,1-5H3,(H,22,29)(H,23,26)(H,24,28). The Morgan fingerprint density at radius 3 is 2.34 bits per heavy atom. The van der Waals surface area contributed by atoms with Crippen LogP contribution < -0.4 is 16.0 Å². The predicted molar refractivity (Wildman–Crippen MR) is 107 cm³/mol. The van der Waals surface area contributed by atoms with Crippen molar-refractivity contribution in [3.8, 4) is 0 Å². The van der Waals surface area contributed by atoms with Gasteiger partial charge in [-0.15, -0.1) is 0 Å². The van der Waals surface area contributed by atoms with Gasteiger partial charge in [-0.1, -0.05) is 0 Å². The molecule has 0 saturated heterocycles. The molecule has 0 aliphatic rings. The van der Waals surface area contributed by atoms with Gasteiger partial charge in [0.2, 0.25) is 5.91 Å². The summed E-state index contributed by atoms with van der Waals surface area (Å²) in [7, 11) is 1.60. The normalized spacial score (nSPS) is 10.4. The van der Waals surface area contributed by atoms with Crippen molar-refractivity contribution in [1.29, 1.82) is 0 Å². The molecule has 8 nitrogen and oxygen atoms in total. The van der Waals surface area contributed by atoms with Crippen molar-refractivity contribution < 1.29 is 23.6 Å². The van der Waals surface area contributed by atoms with Crippen molar-refractivity contribution in [3.63, 3.8) is 0 Å². The number of halogens is 1. The number of Topliss-reactive ketones (excluding diaryl/α,β-unsaturated/α-hetero) is 1. The molecular weight excluding hydrogens is 379 g/mol. The van der Waals surface area contributed by atoms with E-state index in [0.717, 1.165) is 6.07 Å². The van der Waals surface area contributed by atoms with Gasteiger partial charge in [-0.05, 0) is 44.5 Å². The molecular formula is C20H23FN4O4. The molecule has 0 saturated carbocycles. The second kappa shape index (κ2) is 8.68. The average molecular weight is 402 g/mol. The first-order valence-corrected chi connectivity index (χ1v) is 8.95. The highest BCUT2D eigenvalue weighted by atomic mass is 19.1. The monoisotopic (exact) mass is 402 g/mol. The third-order valence-corrected chi connectivity index (χ3v) is 4.45. The molecule has 29 heavy (non-hydrogen) atoms. The fourth-order valence-electron chi connectivity index (χ4n) is 3.06. The van der Waals surface area contributed by atoms with Gasteiger partial charge in [-0.3, -0.25) is 19.2 Å². The van der Waals surface area contributed by atoms with Gasteiger partial charge in [-0.25, -0.2) is 4.39 Å². The number of hydrogen-bond acceptors (Lipinski definition) is 4. The number of aromatic nitrogens is 1. The second-order valence-corrected chi connectivity index (χ2v) is 6.51. The van der Waals surface area contributed by atoms with E-state index in [-0.39, 0.29) is 22.6 Å². The molecule has 1 heterocycles. The smallest absolute Gasteiger partial charge is 0.293 e. The summed E-state index contributed by atoms with van der Waals surface area (Å²) < 4.78 is 15.3. The van der Waals surface area contributed by atoms with Crippen LogP contribution in [0.15, 0.2) is 18.2 Å². The molecule has 3 N–H and O–H groups in total. The second-order valence-electron chi connectivity index (χ2n) is 6.51. The summed E-state index contributed by atoms with van der Waals surface area (Å²) in [4.78, 5) is 48.4. The average Bonchev–Trinajstić information content (AvgIpc) is 2.86. The first-order chi connectivity index (χ1) is 13.6. The Morgan fingerprint density at radius 2 is 1.76 bits per heavy atom. The molecule has 2 rings (SSSR count). The number of likely N-dealkylation sites (N-methyl/N-ethyl adjacent to an activating group) is 1. The molecule has 0 fully saturated rings. The summed E-state index contributed by atoms with van der Waals surface area (Å²) >= 11 is 0. The van der Waals surface area contributed by atoms with E-state index in [0.29, 0.717) is 17.8 Å². The number of carbonyl (C=O) groups excluding carboxylic acids is 4. The van der Waals surface area contributed by atoms with Gasteiger partial charge in [0.1, 0.15) is 5.82 Å². The summed E-state index contributed by atoms with van der Waals surface area (Å²) in [6.45, 7) is 6.49. The van der Waals surface area contributed by atoms with Crippen LogP contribution in [-0.2, 0) is 16.6 Å². The maximum atomic E-state index is 13.8. The number of hydrogen-bond donors (Lipinski definition) is 3. The number of rotatable bonds is 6. The van der Waals surface area contributed by atoms with Crippen LogP contribution in [0.3, 0.4) is 0 Å². The van der Waals surface area contributed by atoms with Gasteiger partial charge in [0, 0.05) is 31.9 Å². The van der Waals surface area contributed by atoms with E-state index in [1.807, 2.05) is 0 Å². The zero-order valence-electron chi connectivity index (χ0n) is 16.9. The van der Waals surface area contributed by atoms with Crippen LogP contribution in [-0.4, -0.2) is 34.6 Å². The predicted octanol–water partition coefficient (Wildman–Crippen LogP) is 2.31. The van der Waals surface area contributed by atoms with E-state index >= 15 is 0 Å². The minimum absolute atomic E-state index is 0.0658. The molecule has 0 bridgehead atoms. The summed E-state index contributed by atoms with van der Waals surface area (Å²) in [5, 5.41) is 7.43. The molecule has 1 aromatic carbocycles. The maximum Gasteiger partial charge on any atom is 0.293 e. The summed E-state index contributed by atoms with van der Waals surface area (Å²) in [6.07, 6.45) is 0. The van der Waals surface area contributed by atoms with Crippen LogP contribution in [0.2, 0.25) is 0 Å². The minimum atomic E-state index is -0.748. The molecule has 1 aromatic heterocycles. The fourth-order valence-corrected chi connectivity index (χ4v) is 3.06. The number of anilines is 2. The Bertz CT molecular complexity index is 1010. The molecule has 0 atom stereocenters. The number of nitrogens with one attached hydrogen (secondary N) is 3. The Balaban J connectivity index is 2.37. The molecule has 2 aromatic rings. The van der Waals surface area contributed by atoms with Crippen LogP contribution in [0.5, 0.6) is 0 Å². The van der Waals surface area contributed by atoms with Crippen molar-refractivity contribution in [2.75, 3.05) is 17.2 Å². The highest BCUT2D eigenvalue weighted by Gasteiger charge is 2.28. The lowest BCUT2D eigenvalue weighted by Crippen LogP contribution is -2.32. The number of carbonyl (C=O) groups is 4. The van der Waals surface area contributed by atoms with Crippen LogP contribution in [0.25, 0.3) is 0 Å². The Hall–Kier alpha value is -3.49. The quantitative estimate of drug-likeness (QED) is 0.509. The number of amides is 3. The lowest BCUT2D eigenvalue weighted by atomic mass is 10.1. The molecule has 0 aliphatic carbocycles. The van der Waals surface area contributed by atoms with E-state index in [1.165, 1.54) is 23.6 Å². The van der Waals surface area contributed by atoms with Gasteiger partial charge < -0.3 is 20.5 Å². The third-order valence-electron chi connectivity index (χ3n) is 4.45. The SMILES string of the molecule is CCNC(=O)C(=O)c1c(C)c(C(=O)Nc2ccc(F)c(NC(C)=O)c2)c(C)n1C. The van der Waals surface area contributed by atoms with Crippen molar-refractivity contribution in [2.24, 2.45) is 7.05 Å². The van der Waals surface area contributed by atoms with Gasteiger partial charge in [0.15, 0.2) is 0 Å². The van der Waals surface area contributed by atoms with Gasteiger partial charge >= 0.3 is 0 Å². The molecule has 0 unspecified atom stereocenters. The first kappa shape index (κ1) is 21.8. The number of ketones is 1. The van der Waals surface area contributed by atoms with Crippen molar-refractivity contribution in [2.45, 2.75) is 27.7 Å². The number of benzene rings is 1. The van der Waals surface area contributed by atoms with Gasteiger partial charge in [0.05, 0.1) is 16.9 Å². The van der Waals surface area contributed by atoms with E-state index < -0.39 is 29.3 Å². The number of nitrogens with zero attached hydrogens (tertiary/aromatic N) is 1. The maximum absolute atomic E-state index is 13.8. The summed E-state index contributed by atoms with van der Waals surface area (Å²) in [5.41, 5.74) is 1.42. The van der Waals surface area contributed by atoms with Gasteiger partial charge in [0.25, 0.3) is 17.6 Å². The van der Waals surface area contributed by atoms with Crippen LogP contribution in [0.4, 0.5) is 15.8 Å². The molecule has 3 amide bonds. The minimum Gasteiger partial charge on any atom is -0.349 e. The van der Waals surface area contributed by atoms with E-state index in [2.05, 4.69) is 16.0 Å². The highest BCUT2D eigenvalue weighted by molar-refractivity contribution is 6.43. The zero-order valence-corrected chi connectivity index (χ0v) is 16.9. The molecule has 9 heteroatoms. The van der Waals surface area contributed by atoms with Crippen molar-refractivity contribution in [1.82, 2.24) is 9.88 Å². The molecule has 154 valence electrons. The van der Waals surface area contributed by atoms with Crippen LogP contribution in [0.1, 0.15) is 46.0 Å². The van der Waals surface area contributed by atoms with E-state index in [1.54, 1.807) is 27.8 Å². The lowest BCUT2D eigenvalue weighted by Gasteiger charge is -2.09. The fraction of sp³-hybridized carbons (Fsp3) is 0.300. The highest BCUT2D eigenvalue weighted by Crippen LogP contribution is 2.25. The topological polar surface area (TPSA) is 109 Å².